The fourth-order valence-corrected chi connectivity index (χ4v) is 4.15. The minimum atomic E-state index is -2.09. The van der Waals surface area contributed by atoms with E-state index < -0.39 is 35.6 Å². The molecule has 0 aromatic heterocycles. The van der Waals surface area contributed by atoms with E-state index in [0.29, 0.717) is 11.1 Å². The maximum Gasteiger partial charge on any atom is 0.418 e. The number of imide groups is 1. The predicted octanol–water partition coefficient (Wildman–Crippen LogP) is 3.56. The highest BCUT2D eigenvalue weighted by Gasteiger charge is 2.60. The zero-order valence-corrected chi connectivity index (χ0v) is 18.8. The highest BCUT2D eigenvalue weighted by Crippen LogP contribution is 2.35. The van der Waals surface area contributed by atoms with Crippen molar-refractivity contribution in [1.29, 1.82) is 0 Å². The largest absolute Gasteiger partial charge is 0.422 e. The van der Waals surface area contributed by atoms with Gasteiger partial charge in [-0.3, -0.25) is 9.59 Å². The van der Waals surface area contributed by atoms with E-state index in [1.165, 1.54) is 0 Å². The van der Waals surface area contributed by atoms with Gasteiger partial charge in [0.2, 0.25) is 0 Å². The first-order chi connectivity index (χ1) is 16.5. The number of carbonyl (C=O) groups excluding carboxylic acids is 3. The Hall–Kier alpha value is -3.97. The van der Waals surface area contributed by atoms with Crippen molar-refractivity contribution in [3.8, 4) is 0 Å². The van der Waals surface area contributed by atoms with E-state index in [0.717, 1.165) is 10.5 Å². The Balaban J connectivity index is 1.69. The lowest BCUT2D eigenvalue weighted by Crippen LogP contribution is -2.56. The van der Waals surface area contributed by atoms with Crippen LogP contribution in [0.25, 0.3) is 0 Å². The van der Waals surface area contributed by atoms with Gasteiger partial charge in [0.05, 0.1) is 18.7 Å². The monoisotopic (exact) mass is 458 g/mol. The van der Waals surface area contributed by atoms with Crippen molar-refractivity contribution in [1.82, 2.24) is 10.2 Å². The molecule has 4 rings (SSSR count). The fraction of sp³-hybridized carbons (Fsp3) is 0.222. The highest BCUT2D eigenvalue weighted by molar-refractivity contribution is 6.17. The van der Waals surface area contributed by atoms with Crippen LogP contribution in [0.15, 0.2) is 91.0 Å². The summed E-state index contributed by atoms with van der Waals surface area (Å²) in [5, 5.41) is 12.7. The number of rotatable bonds is 8. The van der Waals surface area contributed by atoms with Crippen molar-refractivity contribution < 1.29 is 24.2 Å². The molecule has 34 heavy (non-hydrogen) atoms. The molecular formula is C27H26N2O5. The molecule has 0 aliphatic carbocycles. The molecule has 3 aromatic carbocycles. The standard InChI is InChI=1S/C27H26N2O5/c1-19(21-13-7-3-8-14-21)29-25(32)27(34-26(29)33,17-20-11-5-2-6-12-20)24(31)28-23(18-30)22-15-9-4-10-16-22/h2-16,19,23,30H,17-18H2,1H3,(H,28,31)/t19-,23?,27-/m1/s1. The molecule has 0 saturated carbocycles. The van der Waals surface area contributed by atoms with Gasteiger partial charge in [0.15, 0.2) is 0 Å². The molecule has 3 aromatic rings. The van der Waals surface area contributed by atoms with E-state index >= 15 is 0 Å². The fourth-order valence-electron chi connectivity index (χ4n) is 4.15. The van der Waals surface area contributed by atoms with Crippen LogP contribution in [-0.4, -0.2) is 40.1 Å². The Morgan fingerprint density at radius 2 is 1.44 bits per heavy atom. The summed E-state index contributed by atoms with van der Waals surface area (Å²) in [4.78, 5) is 41.4. The van der Waals surface area contributed by atoms with E-state index in [2.05, 4.69) is 5.32 Å². The highest BCUT2D eigenvalue weighted by atomic mass is 16.6. The van der Waals surface area contributed by atoms with Gasteiger partial charge in [-0.15, -0.1) is 0 Å². The van der Waals surface area contributed by atoms with Crippen LogP contribution in [0.3, 0.4) is 0 Å². The lowest BCUT2D eigenvalue weighted by atomic mass is 9.91. The number of benzene rings is 3. The molecule has 1 fully saturated rings. The summed E-state index contributed by atoms with van der Waals surface area (Å²) in [5.41, 5.74) is -0.0297. The molecule has 7 nitrogen and oxygen atoms in total. The van der Waals surface area contributed by atoms with Crippen LogP contribution in [0.1, 0.15) is 35.7 Å². The number of ether oxygens (including phenoxy) is 1. The average Bonchev–Trinajstić information content (AvgIpc) is 3.13. The summed E-state index contributed by atoms with van der Waals surface area (Å²) < 4.78 is 5.61. The van der Waals surface area contributed by atoms with Gasteiger partial charge < -0.3 is 15.2 Å². The van der Waals surface area contributed by atoms with E-state index in [1.54, 1.807) is 67.6 Å². The second kappa shape index (κ2) is 9.89. The molecule has 0 radical (unpaired) electrons. The SMILES string of the molecule is C[C@H](c1ccccc1)N1C(=O)O[C@](Cc2ccccc2)(C(=O)NC(CO)c2ccccc2)C1=O. The van der Waals surface area contributed by atoms with E-state index in [1.807, 2.05) is 30.3 Å². The van der Waals surface area contributed by atoms with Gasteiger partial charge in [-0.1, -0.05) is 91.0 Å². The van der Waals surface area contributed by atoms with E-state index in [-0.39, 0.29) is 13.0 Å². The maximum absolute atomic E-state index is 13.8. The first-order valence-corrected chi connectivity index (χ1v) is 11.1. The van der Waals surface area contributed by atoms with Gasteiger partial charge in [0, 0.05) is 6.42 Å². The first kappa shape index (κ1) is 23.2. The smallest absolute Gasteiger partial charge is 0.418 e. The number of aliphatic hydroxyl groups is 1. The van der Waals surface area contributed by atoms with Gasteiger partial charge >= 0.3 is 6.09 Å². The quantitative estimate of drug-likeness (QED) is 0.503. The maximum atomic E-state index is 13.8. The van der Waals surface area contributed by atoms with Crippen LogP contribution < -0.4 is 5.32 Å². The van der Waals surface area contributed by atoms with Gasteiger partial charge in [-0.2, -0.15) is 0 Å². The molecular weight excluding hydrogens is 432 g/mol. The lowest BCUT2D eigenvalue weighted by molar-refractivity contribution is -0.150. The molecule has 2 N–H and O–H groups in total. The Morgan fingerprint density at radius 3 is 2.00 bits per heavy atom. The number of nitrogens with zero attached hydrogens (tertiary/aromatic N) is 1. The molecule has 0 bridgehead atoms. The van der Waals surface area contributed by atoms with Crippen LogP contribution in [0.2, 0.25) is 0 Å². The van der Waals surface area contributed by atoms with Gasteiger partial charge in [-0.05, 0) is 23.6 Å². The lowest BCUT2D eigenvalue weighted by Gasteiger charge is -2.28. The summed E-state index contributed by atoms with van der Waals surface area (Å²) in [6, 6.07) is 25.5. The third kappa shape index (κ3) is 4.43. The van der Waals surface area contributed by atoms with Crippen LogP contribution in [0.5, 0.6) is 0 Å². The Labute approximate surface area is 198 Å². The number of nitrogens with one attached hydrogen (secondary N) is 1. The Morgan fingerprint density at radius 1 is 0.912 bits per heavy atom. The van der Waals surface area contributed by atoms with Crippen molar-refractivity contribution >= 4 is 17.9 Å². The van der Waals surface area contributed by atoms with Gasteiger partial charge in [0.1, 0.15) is 0 Å². The van der Waals surface area contributed by atoms with Crippen molar-refractivity contribution in [2.45, 2.75) is 31.0 Å². The molecule has 0 spiro atoms. The topological polar surface area (TPSA) is 95.9 Å². The second-order valence-corrected chi connectivity index (χ2v) is 8.24. The van der Waals surface area contributed by atoms with Crippen molar-refractivity contribution in [2.75, 3.05) is 6.61 Å². The van der Waals surface area contributed by atoms with Crippen molar-refractivity contribution in [3.63, 3.8) is 0 Å². The van der Waals surface area contributed by atoms with Crippen LogP contribution in [0, 0.1) is 0 Å². The minimum Gasteiger partial charge on any atom is -0.422 e. The molecule has 174 valence electrons. The zero-order valence-electron chi connectivity index (χ0n) is 18.8. The number of carbonyl (C=O) groups is 3. The number of aliphatic hydroxyl groups excluding tert-OH is 1. The summed E-state index contributed by atoms with van der Waals surface area (Å²) in [6.07, 6.45) is -1.01. The number of amides is 3. The van der Waals surface area contributed by atoms with Crippen molar-refractivity contribution in [2.24, 2.45) is 0 Å². The van der Waals surface area contributed by atoms with E-state index in [9.17, 15) is 19.5 Å². The summed E-state index contributed by atoms with van der Waals surface area (Å²) >= 11 is 0. The summed E-state index contributed by atoms with van der Waals surface area (Å²) in [5.74, 6) is -1.51. The van der Waals surface area contributed by atoms with Crippen LogP contribution in [-0.2, 0) is 20.7 Å². The molecule has 1 aliphatic rings. The van der Waals surface area contributed by atoms with E-state index in [4.69, 9.17) is 4.74 Å². The van der Waals surface area contributed by atoms with Crippen LogP contribution >= 0.6 is 0 Å². The number of hydrogen-bond donors (Lipinski definition) is 2. The second-order valence-electron chi connectivity index (χ2n) is 8.24. The first-order valence-electron chi connectivity index (χ1n) is 11.1. The molecule has 1 heterocycles. The number of hydrogen-bond acceptors (Lipinski definition) is 5. The Kier molecular flexibility index (Phi) is 6.75. The summed E-state index contributed by atoms with van der Waals surface area (Å²) in [6.45, 7) is 1.33. The molecule has 1 unspecified atom stereocenters. The normalized spacial score (nSPS) is 19.4. The molecule has 1 saturated heterocycles. The molecule has 3 amide bonds. The molecule has 7 heteroatoms. The third-order valence-corrected chi connectivity index (χ3v) is 6.04. The Bertz CT molecular complexity index is 1150. The van der Waals surface area contributed by atoms with Crippen LogP contribution in [0.4, 0.5) is 4.79 Å². The minimum absolute atomic E-state index is 0.130. The predicted molar refractivity (Wildman–Crippen MR) is 125 cm³/mol. The average molecular weight is 459 g/mol. The van der Waals surface area contributed by atoms with Crippen molar-refractivity contribution in [3.05, 3.63) is 108 Å². The molecule has 1 aliphatic heterocycles. The van der Waals surface area contributed by atoms with Gasteiger partial charge in [-0.25, -0.2) is 9.69 Å². The third-order valence-electron chi connectivity index (χ3n) is 6.04. The summed E-state index contributed by atoms with van der Waals surface area (Å²) in [7, 11) is 0. The number of cyclic esters (lactones) is 1. The molecule has 3 atom stereocenters. The zero-order chi connectivity index (χ0) is 24.1. The van der Waals surface area contributed by atoms with Gasteiger partial charge in [0.25, 0.3) is 17.4 Å².